The summed E-state index contributed by atoms with van der Waals surface area (Å²) in [4.78, 5) is 4.61. The monoisotopic (exact) mass is 454 g/mol. The number of para-hydroxylation sites is 1. The lowest BCUT2D eigenvalue weighted by Crippen LogP contribution is -2.28. The second-order valence-electron chi connectivity index (χ2n) is 6.84. The third kappa shape index (κ3) is 2.78. The van der Waals surface area contributed by atoms with Crippen molar-refractivity contribution in [3.8, 4) is 0 Å². The highest BCUT2D eigenvalue weighted by Crippen LogP contribution is 2.36. The van der Waals surface area contributed by atoms with Gasteiger partial charge in [-0.15, -0.1) is 0 Å². The van der Waals surface area contributed by atoms with Crippen LogP contribution in [0.1, 0.15) is 24.3 Å². The van der Waals surface area contributed by atoms with Gasteiger partial charge in [0.15, 0.2) is 10.1 Å². The number of halogens is 2. The topological polar surface area (TPSA) is 68.4 Å². The van der Waals surface area contributed by atoms with Crippen LogP contribution in [-0.4, -0.2) is 34.9 Å². The van der Waals surface area contributed by atoms with Crippen LogP contribution >= 0.6 is 34.5 Å². The molecule has 1 unspecified atom stereocenters. The van der Waals surface area contributed by atoms with E-state index in [1.165, 1.54) is 25.9 Å². The highest BCUT2D eigenvalue weighted by Gasteiger charge is 2.30. The number of nitrogens with zero attached hydrogens (tertiary/aromatic N) is 3. The normalized spacial score (nSPS) is 18.3. The van der Waals surface area contributed by atoms with E-state index >= 15 is 0 Å². The van der Waals surface area contributed by atoms with Crippen LogP contribution in [0, 0.1) is 0 Å². The van der Waals surface area contributed by atoms with Gasteiger partial charge in [-0.25, -0.2) is 8.96 Å². The standard InChI is InChI=1S/C18H16Cl2N4O2S2/c19-15-10-23-17(16(20)22-18(23)27-15)28(25,26)24-9-13(11-4-3-7-21-8-11)12-5-1-2-6-14(12)24/h1-2,5-6,9-11,21H,3-4,7-8H2. The van der Waals surface area contributed by atoms with E-state index in [-0.39, 0.29) is 16.1 Å². The fraction of sp³-hybridized carbons (Fsp3) is 0.278. The second-order valence-corrected chi connectivity index (χ2v) is 10.6. The Bertz CT molecular complexity index is 1300. The Morgan fingerprint density at radius 2 is 2.04 bits per heavy atom. The molecule has 3 aromatic heterocycles. The fourth-order valence-electron chi connectivity index (χ4n) is 3.91. The van der Waals surface area contributed by atoms with Gasteiger partial charge in [-0.05, 0) is 36.9 Å². The van der Waals surface area contributed by atoms with E-state index in [1.54, 1.807) is 6.20 Å². The van der Waals surface area contributed by atoms with Gasteiger partial charge in [0, 0.05) is 24.3 Å². The lowest BCUT2D eigenvalue weighted by molar-refractivity contribution is 0.463. The lowest BCUT2D eigenvalue weighted by atomic mass is 9.91. The van der Waals surface area contributed by atoms with E-state index in [1.807, 2.05) is 24.3 Å². The van der Waals surface area contributed by atoms with Gasteiger partial charge in [0.25, 0.3) is 10.0 Å². The molecule has 0 amide bonds. The zero-order valence-corrected chi connectivity index (χ0v) is 17.7. The predicted molar refractivity (Wildman–Crippen MR) is 112 cm³/mol. The van der Waals surface area contributed by atoms with Crippen LogP contribution in [0.2, 0.25) is 9.49 Å². The molecule has 6 nitrogen and oxygen atoms in total. The third-order valence-electron chi connectivity index (χ3n) is 5.16. The molecule has 1 aromatic carbocycles. The highest BCUT2D eigenvalue weighted by atomic mass is 35.5. The first-order chi connectivity index (χ1) is 13.5. The predicted octanol–water partition coefficient (Wildman–Crippen LogP) is 4.36. The van der Waals surface area contributed by atoms with E-state index in [9.17, 15) is 8.42 Å². The first-order valence-electron chi connectivity index (χ1n) is 8.86. The minimum Gasteiger partial charge on any atom is -0.316 e. The first kappa shape index (κ1) is 18.4. The fourth-order valence-corrected chi connectivity index (χ4v) is 7.00. The van der Waals surface area contributed by atoms with Gasteiger partial charge in [0.2, 0.25) is 5.03 Å². The van der Waals surface area contributed by atoms with Crippen molar-refractivity contribution in [1.82, 2.24) is 18.7 Å². The Morgan fingerprint density at radius 1 is 1.21 bits per heavy atom. The van der Waals surface area contributed by atoms with Crippen LogP contribution in [0.4, 0.5) is 0 Å². The summed E-state index contributed by atoms with van der Waals surface area (Å²) in [6.07, 6.45) is 5.37. The number of nitrogens with one attached hydrogen (secondary N) is 1. The zero-order chi connectivity index (χ0) is 19.5. The smallest absolute Gasteiger partial charge is 0.287 e. The van der Waals surface area contributed by atoms with Crippen molar-refractivity contribution >= 4 is 60.4 Å². The molecule has 146 valence electrons. The van der Waals surface area contributed by atoms with Crippen LogP contribution in [-0.2, 0) is 10.0 Å². The maximum atomic E-state index is 13.6. The Morgan fingerprint density at radius 3 is 2.82 bits per heavy atom. The summed E-state index contributed by atoms with van der Waals surface area (Å²) in [6, 6.07) is 7.56. The summed E-state index contributed by atoms with van der Waals surface area (Å²) in [7, 11) is -3.97. The van der Waals surface area contributed by atoms with E-state index in [0.29, 0.717) is 14.8 Å². The molecule has 0 spiro atoms. The second kappa shape index (κ2) is 6.74. The maximum Gasteiger partial charge on any atom is 0.287 e. The molecule has 28 heavy (non-hydrogen) atoms. The number of imidazole rings is 1. The van der Waals surface area contributed by atoms with Gasteiger partial charge in [-0.1, -0.05) is 52.7 Å². The first-order valence-corrected chi connectivity index (χ1v) is 11.9. The summed E-state index contributed by atoms with van der Waals surface area (Å²) in [5.41, 5.74) is 1.67. The molecule has 0 radical (unpaired) electrons. The molecule has 4 heterocycles. The summed E-state index contributed by atoms with van der Waals surface area (Å²) in [5.74, 6) is 0.270. The Kier molecular flexibility index (Phi) is 4.44. The van der Waals surface area contributed by atoms with E-state index < -0.39 is 10.0 Å². The molecule has 0 saturated carbocycles. The molecule has 5 rings (SSSR count). The number of piperidine rings is 1. The largest absolute Gasteiger partial charge is 0.316 e. The molecule has 1 saturated heterocycles. The zero-order valence-electron chi connectivity index (χ0n) is 14.6. The average Bonchev–Trinajstić information content (AvgIpc) is 3.32. The van der Waals surface area contributed by atoms with Gasteiger partial charge in [-0.2, -0.15) is 8.42 Å². The van der Waals surface area contributed by atoms with Crippen molar-refractivity contribution in [2.45, 2.75) is 23.8 Å². The lowest BCUT2D eigenvalue weighted by Gasteiger charge is -2.22. The number of rotatable bonds is 3. The molecule has 0 bridgehead atoms. The van der Waals surface area contributed by atoms with Gasteiger partial charge < -0.3 is 5.32 Å². The molecule has 4 aromatic rings. The third-order valence-corrected chi connectivity index (χ3v) is 8.34. The quantitative estimate of drug-likeness (QED) is 0.499. The summed E-state index contributed by atoms with van der Waals surface area (Å²) >= 11 is 13.5. The molecule has 1 atom stereocenters. The molecule has 1 aliphatic heterocycles. The summed E-state index contributed by atoms with van der Waals surface area (Å²) < 4.78 is 30.4. The molecule has 0 aliphatic carbocycles. The van der Waals surface area contributed by atoms with Crippen LogP contribution in [0.25, 0.3) is 15.9 Å². The number of hydrogen-bond acceptors (Lipinski definition) is 5. The van der Waals surface area contributed by atoms with Crippen LogP contribution in [0.3, 0.4) is 0 Å². The number of benzene rings is 1. The molecule has 1 N–H and O–H groups in total. The van der Waals surface area contributed by atoms with Crippen molar-refractivity contribution in [1.29, 1.82) is 0 Å². The van der Waals surface area contributed by atoms with Crippen LogP contribution in [0.15, 0.2) is 41.7 Å². The van der Waals surface area contributed by atoms with Crippen molar-refractivity contribution in [3.05, 3.63) is 51.7 Å². The van der Waals surface area contributed by atoms with Gasteiger partial charge in [0.1, 0.15) is 4.34 Å². The SMILES string of the molecule is O=S(=O)(c1c(Cl)nc2sc(Cl)cn12)n1cc(C2CCCNC2)c2ccccc21. The van der Waals surface area contributed by atoms with Crippen LogP contribution < -0.4 is 5.32 Å². The number of fused-ring (bicyclic) bond motifs is 2. The van der Waals surface area contributed by atoms with E-state index in [2.05, 4.69) is 10.3 Å². The number of hydrogen-bond donors (Lipinski definition) is 1. The molecule has 10 heteroatoms. The van der Waals surface area contributed by atoms with Crippen molar-refractivity contribution in [3.63, 3.8) is 0 Å². The minimum absolute atomic E-state index is 0.0541. The summed E-state index contributed by atoms with van der Waals surface area (Å²) in [6.45, 7) is 1.83. The Labute approximate surface area is 175 Å². The molecule has 1 aliphatic rings. The van der Waals surface area contributed by atoms with Crippen molar-refractivity contribution in [2.75, 3.05) is 13.1 Å². The van der Waals surface area contributed by atoms with Crippen LogP contribution in [0.5, 0.6) is 0 Å². The Hall–Kier alpha value is -1.58. The van der Waals surface area contributed by atoms with Gasteiger partial charge in [-0.3, -0.25) is 4.40 Å². The maximum absolute atomic E-state index is 13.6. The highest BCUT2D eigenvalue weighted by molar-refractivity contribution is 7.90. The van der Waals surface area contributed by atoms with Gasteiger partial charge >= 0.3 is 0 Å². The summed E-state index contributed by atoms with van der Waals surface area (Å²) in [5, 5.41) is 4.22. The molecule has 1 fully saturated rings. The van der Waals surface area contributed by atoms with E-state index in [4.69, 9.17) is 23.2 Å². The number of aromatic nitrogens is 3. The average molecular weight is 455 g/mol. The molecular formula is C18H16Cl2N4O2S2. The van der Waals surface area contributed by atoms with Gasteiger partial charge in [0.05, 0.1) is 5.52 Å². The Balaban J connectivity index is 1.75. The molecular weight excluding hydrogens is 439 g/mol. The van der Waals surface area contributed by atoms with Crippen molar-refractivity contribution < 1.29 is 8.42 Å². The van der Waals surface area contributed by atoms with E-state index in [0.717, 1.165) is 36.9 Å². The van der Waals surface area contributed by atoms with Crippen molar-refractivity contribution in [2.24, 2.45) is 0 Å². The number of thiazole rings is 1. The minimum atomic E-state index is -3.97.